The molecule has 166 valence electrons. The molecule has 0 saturated heterocycles. The van der Waals surface area contributed by atoms with Crippen LogP contribution in [0.15, 0.2) is 91.1 Å². The number of amides is 2. The van der Waals surface area contributed by atoms with Crippen molar-refractivity contribution in [3.05, 3.63) is 119 Å². The number of nitrogens with zero attached hydrogens (tertiary/aromatic N) is 2. The third-order valence-electron chi connectivity index (χ3n) is 6.53. The highest BCUT2D eigenvalue weighted by atomic mass is 16.2. The fraction of sp³-hybridized carbons (Fsp3) is 0.207. The van der Waals surface area contributed by atoms with Gasteiger partial charge in [0.25, 0.3) is 0 Å². The Morgan fingerprint density at radius 2 is 1.64 bits per heavy atom. The highest BCUT2D eigenvalue weighted by Crippen LogP contribution is 2.37. The van der Waals surface area contributed by atoms with Gasteiger partial charge in [-0.15, -0.1) is 0 Å². The van der Waals surface area contributed by atoms with Gasteiger partial charge in [-0.25, -0.2) is 4.79 Å². The van der Waals surface area contributed by atoms with Gasteiger partial charge in [0.2, 0.25) is 0 Å². The zero-order chi connectivity index (χ0) is 22.9. The summed E-state index contributed by atoms with van der Waals surface area (Å²) >= 11 is 0. The average molecular weight is 436 g/mol. The van der Waals surface area contributed by atoms with E-state index in [1.807, 2.05) is 42.2 Å². The lowest BCUT2D eigenvalue weighted by molar-refractivity contribution is 0.194. The number of carbonyl (C=O) groups is 1. The van der Waals surface area contributed by atoms with Crippen LogP contribution < -0.4 is 5.32 Å². The molecule has 5 rings (SSSR count). The van der Waals surface area contributed by atoms with Gasteiger partial charge in [0, 0.05) is 17.6 Å². The molecule has 33 heavy (non-hydrogen) atoms. The number of hydrogen-bond acceptors (Lipinski definition) is 1. The number of carbonyl (C=O) groups excluding carboxylic acids is 1. The third-order valence-corrected chi connectivity index (χ3v) is 6.53. The molecule has 4 aromatic rings. The molecule has 1 aliphatic heterocycles. The van der Waals surface area contributed by atoms with E-state index in [0.717, 1.165) is 33.8 Å². The largest absolute Gasteiger partial charge is 0.322 e. The van der Waals surface area contributed by atoms with Gasteiger partial charge < -0.3 is 14.8 Å². The summed E-state index contributed by atoms with van der Waals surface area (Å²) in [6, 6.07) is 28.8. The Balaban J connectivity index is 1.62. The number of benzene rings is 3. The summed E-state index contributed by atoms with van der Waals surface area (Å²) < 4.78 is 2.22. The summed E-state index contributed by atoms with van der Waals surface area (Å²) in [5.74, 6) is 0.460. The number of rotatable bonds is 3. The fourth-order valence-corrected chi connectivity index (χ4v) is 4.65. The first-order valence-electron chi connectivity index (χ1n) is 11.5. The smallest absolute Gasteiger partial charge is 0.318 e. The molecule has 0 saturated carbocycles. The number of aryl methyl sites for hydroxylation is 1. The predicted octanol–water partition coefficient (Wildman–Crippen LogP) is 7.05. The first-order valence-corrected chi connectivity index (χ1v) is 11.5. The van der Waals surface area contributed by atoms with E-state index in [-0.39, 0.29) is 12.1 Å². The van der Waals surface area contributed by atoms with Crippen LogP contribution in [0.1, 0.15) is 53.8 Å². The molecule has 2 amide bonds. The molecule has 1 aromatic heterocycles. The molecule has 1 N–H and O–H groups in total. The van der Waals surface area contributed by atoms with E-state index >= 15 is 0 Å². The molecular formula is C29H29N3O. The topological polar surface area (TPSA) is 37.3 Å². The normalized spacial score (nSPS) is 15.0. The van der Waals surface area contributed by atoms with Crippen molar-refractivity contribution >= 4 is 11.7 Å². The van der Waals surface area contributed by atoms with Crippen LogP contribution in [0.25, 0.3) is 5.69 Å². The van der Waals surface area contributed by atoms with Gasteiger partial charge in [0.1, 0.15) is 0 Å². The number of fused-ring (bicyclic) bond motifs is 3. The molecular weight excluding hydrogens is 406 g/mol. The number of para-hydroxylation sites is 2. The molecule has 0 radical (unpaired) electrons. The lowest BCUT2D eigenvalue weighted by atomic mass is 9.97. The minimum atomic E-state index is -0.211. The monoisotopic (exact) mass is 435 g/mol. The molecule has 1 atom stereocenters. The van der Waals surface area contributed by atoms with Gasteiger partial charge >= 0.3 is 6.03 Å². The van der Waals surface area contributed by atoms with Crippen LogP contribution >= 0.6 is 0 Å². The quantitative estimate of drug-likeness (QED) is 0.368. The molecule has 3 aromatic carbocycles. The Bertz CT molecular complexity index is 1290. The molecule has 0 spiro atoms. The first kappa shape index (κ1) is 21.1. The standard InChI is InChI=1S/C29H29N3O/c1-20(2)22-14-16-23(17-15-22)28-27-13-8-18-31(27)26-12-7-5-10-24(26)19-32(28)29(33)30-25-11-6-4-9-21(25)3/h4-18,20,28H,19H2,1-3H3,(H,30,33)/t28-/m1/s1. The van der Waals surface area contributed by atoms with Gasteiger partial charge in [0.05, 0.1) is 18.3 Å². The number of hydrogen-bond donors (Lipinski definition) is 1. The molecule has 0 unspecified atom stereocenters. The zero-order valence-corrected chi connectivity index (χ0v) is 19.3. The molecule has 0 fully saturated rings. The van der Waals surface area contributed by atoms with Crippen LogP contribution in [0, 0.1) is 6.92 Å². The second kappa shape index (κ2) is 8.62. The molecule has 4 nitrogen and oxygen atoms in total. The molecule has 0 bridgehead atoms. The van der Waals surface area contributed by atoms with Crippen molar-refractivity contribution in [3.63, 3.8) is 0 Å². The predicted molar refractivity (Wildman–Crippen MR) is 134 cm³/mol. The van der Waals surface area contributed by atoms with Crippen LogP contribution in [0.5, 0.6) is 0 Å². The van der Waals surface area contributed by atoms with Crippen molar-refractivity contribution in [1.82, 2.24) is 9.47 Å². The van der Waals surface area contributed by atoms with E-state index < -0.39 is 0 Å². The van der Waals surface area contributed by atoms with E-state index in [9.17, 15) is 4.79 Å². The van der Waals surface area contributed by atoms with Gasteiger partial charge in [-0.2, -0.15) is 0 Å². The molecule has 0 aliphatic carbocycles. The number of nitrogens with one attached hydrogen (secondary N) is 1. The maximum absolute atomic E-state index is 13.8. The van der Waals surface area contributed by atoms with Crippen LogP contribution in [0.3, 0.4) is 0 Å². The minimum absolute atomic E-state index is 0.105. The maximum Gasteiger partial charge on any atom is 0.322 e. The van der Waals surface area contributed by atoms with Crippen LogP contribution in [-0.4, -0.2) is 15.5 Å². The summed E-state index contributed by atoms with van der Waals surface area (Å²) in [6.07, 6.45) is 2.09. The SMILES string of the molecule is Cc1ccccc1NC(=O)N1Cc2ccccc2-n2cccc2[C@H]1c1ccc(C(C)C)cc1. The zero-order valence-electron chi connectivity index (χ0n) is 19.3. The summed E-state index contributed by atoms with van der Waals surface area (Å²) in [5, 5.41) is 3.17. The Labute approximate surface area is 195 Å². The van der Waals surface area contributed by atoms with Crippen molar-refractivity contribution in [3.8, 4) is 5.69 Å². The number of anilines is 1. The van der Waals surface area contributed by atoms with E-state index in [2.05, 4.69) is 84.5 Å². The highest BCUT2D eigenvalue weighted by Gasteiger charge is 2.33. The highest BCUT2D eigenvalue weighted by molar-refractivity contribution is 5.91. The summed E-state index contributed by atoms with van der Waals surface area (Å²) in [6.45, 7) is 6.93. The fourth-order valence-electron chi connectivity index (χ4n) is 4.65. The van der Waals surface area contributed by atoms with E-state index in [1.165, 1.54) is 5.56 Å². The third kappa shape index (κ3) is 3.93. The second-order valence-corrected chi connectivity index (χ2v) is 9.03. The Hall–Kier alpha value is -3.79. The van der Waals surface area contributed by atoms with E-state index in [4.69, 9.17) is 0 Å². The number of urea groups is 1. The van der Waals surface area contributed by atoms with E-state index in [1.54, 1.807) is 0 Å². The first-order chi connectivity index (χ1) is 16.0. The lowest BCUT2D eigenvalue weighted by Gasteiger charge is -2.31. The van der Waals surface area contributed by atoms with Crippen molar-refractivity contribution < 1.29 is 4.79 Å². The summed E-state index contributed by atoms with van der Waals surface area (Å²) in [4.78, 5) is 15.7. The second-order valence-electron chi connectivity index (χ2n) is 9.03. The molecule has 2 heterocycles. The lowest BCUT2D eigenvalue weighted by Crippen LogP contribution is -2.38. The molecule has 1 aliphatic rings. The van der Waals surface area contributed by atoms with Gasteiger partial charge in [-0.1, -0.05) is 74.5 Å². The van der Waals surface area contributed by atoms with Gasteiger partial charge in [0.15, 0.2) is 0 Å². The van der Waals surface area contributed by atoms with Crippen molar-refractivity contribution in [1.29, 1.82) is 0 Å². The van der Waals surface area contributed by atoms with Crippen LogP contribution in [0.2, 0.25) is 0 Å². The van der Waals surface area contributed by atoms with Crippen LogP contribution in [0.4, 0.5) is 10.5 Å². The van der Waals surface area contributed by atoms with Crippen molar-refractivity contribution in [2.24, 2.45) is 0 Å². The summed E-state index contributed by atoms with van der Waals surface area (Å²) in [5.41, 5.74) is 7.60. The number of aromatic nitrogens is 1. The van der Waals surface area contributed by atoms with Crippen molar-refractivity contribution in [2.75, 3.05) is 5.32 Å². The average Bonchev–Trinajstić information content (AvgIpc) is 3.25. The molecule has 4 heteroatoms. The van der Waals surface area contributed by atoms with Crippen molar-refractivity contribution in [2.45, 2.75) is 39.3 Å². The summed E-state index contributed by atoms with van der Waals surface area (Å²) in [7, 11) is 0. The van der Waals surface area contributed by atoms with E-state index in [0.29, 0.717) is 12.5 Å². The Kier molecular flexibility index (Phi) is 5.51. The minimum Gasteiger partial charge on any atom is -0.318 e. The Morgan fingerprint density at radius 3 is 2.39 bits per heavy atom. The Morgan fingerprint density at radius 1 is 0.909 bits per heavy atom. The van der Waals surface area contributed by atoms with Gasteiger partial charge in [-0.05, 0) is 59.4 Å². The van der Waals surface area contributed by atoms with Gasteiger partial charge in [-0.3, -0.25) is 0 Å². The maximum atomic E-state index is 13.8. The van der Waals surface area contributed by atoms with Crippen LogP contribution in [-0.2, 0) is 6.54 Å².